The van der Waals surface area contributed by atoms with Crippen LogP contribution in [0.15, 0.2) is 42.5 Å². The van der Waals surface area contributed by atoms with Crippen molar-refractivity contribution in [3.05, 3.63) is 52.5 Å². The first-order valence-electron chi connectivity index (χ1n) is 9.84. The van der Waals surface area contributed by atoms with E-state index in [9.17, 15) is 14.4 Å². The van der Waals surface area contributed by atoms with Crippen molar-refractivity contribution >= 4 is 58.0 Å². The number of carbonyl (C=O) groups is 3. The first-order chi connectivity index (χ1) is 14.7. The maximum Gasteiger partial charge on any atom is 0.241 e. The fraction of sp³-hybridized carbons (Fsp3) is 0.318. The van der Waals surface area contributed by atoms with E-state index < -0.39 is 6.04 Å². The van der Waals surface area contributed by atoms with Crippen LogP contribution in [0.3, 0.4) is 0 Å². The van der Waals surface area contributed by atoms with Gasteiger partial charge in [-0.05, 0) is 51.2 Å². The van der Waals surface area contributed by atoms with Crippen molar-refractivity contribution in [2.24, 2.45) is 0 Å². The van der Waals surface area contributed by atoms with E-state index in [1.54, 1.807) is 60.2 Å². The molecule has 2 atom stereocenters. The zero-order valence-corrected chi connectivity index (χ0v) is 19.0. The van der Waals surface area contributed by atoms with Gasteiger partial charge in [-0.2, -0.15) is 0 Å². The highest BCUT2D eigenvalue weighted by Gasteiger charge is 2.31. The van der Waals surface area contributed by atoms with Crippen LogP contribution in [0.25, 0.3) is 0 Å². The van der Waals surface area contributed by atoms with Crippen molar-refractivity contribution in [3.8, 4) is 0 Å². The van der Waals surface area contributed by atoms with Crippen LogP contribution in [0.1, 0.15) is 20.3 Å². The Kier molecular flexibility index (Phi) is 7.20. The number of nitrogens with zero attached hydrogens (tertiary/aromatic N) is 2. The predicted molar refractivity (Wildman–Crippen MR) is 124 cm³/mol. The third kappa shape index (κ3) is 5.36. The van der Waals surface area contributed by atoms with Gasteiger partial charge >= 0.3 is 0 Å². The largest absolute Gasteiger partial charge is 0.324 e. The predicted octanol–water partition coefficient (Wildman–Crippen LogP) is 4.02. The standard InChI is InChI=1S/C22H24Cl2N4O3/c1-13-10-20(29)25-18-6-4-5-7-19(18)28(13)21(30)12-27(3)14(2)22(31)26-17-9-8-15(23)11-16(17)24/h4-9,11,13-14H,10,12H2,1-3H3,(H,25,29)(H,26,31)/t13-,14-/m0/s1. The summed E-state index contributed by atoms with van der Waals surface area (Å²) in [7, 11) is 1.70. The minimum absolute atomic E-state index is 0.00417. The van der Waals surface area contributed by atoms with Gasteiger partial charge in [0.2, 0.25) is 17.7 Å². The molecule has 2 N–H and O–H groups in total. The summed E-state index contributed by atoms with van der Waals surface area (Å²) in [6.07, 6.45) is 0.190. The minimum atomic E-state index is -0.604. The molecular weight excluding hydrogens is 439 g/mol. The van der Waals surface area contributed by atoms with Gasteiger partial charge < -0.3 is 15.5 Å². The normalized spacial score (nSPS) is 16.9. The van der Waals surface area contributed by atoms with Crippen molar-refractivity contribution in [1.82, 2.24) is 4.90 Å². The van der Waals surface area contributed by atoms with Crippen LogP contribution in [0.4, 0.5) is 17.1 Å². The number of hydrogen-bond acceptors (Lipinski definition) is 4. The monoisotopic (exact) mass is 462 g/mol. The highest BCUT2D eigenvalue weighted by molar-refractivity contribution is 6.36. The van der Waals surface area contributed by atoms with E-state index in [2.05, 4.69) is 10.6 Å². The maximum absolute atomic E-state index is 13.2. The van der Waals surface area contributed by atoms with Gasteiger partial charge in [-0.3, -0.25) is 19.3 Å². The molecule has 1 aliphatic rings. The maximum atomic E-state index is 13.2. The van der Waals surface area contributed by atoms with Crippen molar-refractivity contribution < 1.29 is 14.4 Å². The fourth-order valence-corrected chi connectivity index (χ4v) is 3.88. The Bertz CT molecular complexity index is 1010. The molecule has 2 aromatic carbocycles. The van der Waals surface area contributed by atoms with Crippen molar-refractivity contribution in [2.75, 3.05) is 29.1 Å². The Morgan fingerprint density at radius 1 is 1.26 bits per heavy atom. The average Bonchev–Trinajstić information content (AvgIpc) is 2.83. The molecule has 3 rings (SSSR count). The molecule has 0 aliphatic carbocycles. The lowest BCUT2D eigenvalue weighted by Gasteiger charge is -2.31. The number of rotatable bonds is 5. The topological polar surface area (TPSA) is 81.8 Å². The summed E-state index contributed by atoms with van der Waals surface area (Å²) in [5.41, 5.74) is 1.68. The summed E-state index contributed by atoms with van der Waals surface area (Å²) in [5, 5.41) is 6.40. The Hall–Kier alpha value is -2.61. The Labute approximate surface area is 191 Å². The lowest BCUT2D eigenvalue weighted by molar-refractivity contribution is -0.123. The van der Waals surface area contributed by atoms with Gasteiger partial charge in [-0.25, -0.2) is 0 Å². The molecule has 0 saturated carbocycles. The number of para-hydroxylation sites is 2. The molecule has 0 saturated heterocycles. The summed E-state index contributed by atoms with van der Waals surface area (Å²) >= 11 is 12.0. The molecule has 0 unspecified atom stereocenters. The molecule has 1 heterocycles. The van der Waals surface area contributed by atoms with E-state index >= 15 is 0 Å². The summed E-state index contributed by atoms with van der Waals surface area (Å²) in [5.74, 6) is -0.653. The van der Waals surface area contributed by atoms with Crippen LogP contribution in [-0.2, 0) is 14.4 Å². The first-order valence-corrected chi connectivity index (χ1v) is 10.6. The van der Waals surface area contributed by atoms with E-state index in [0.29, 0.717) is 27.1 Å². The number of halogens is 2. The van der Waals surface area contributed by atoms with Crippen LogP contribution in [0.5, 0.6) is 0 Å². The van der Waals surface area contributed by atoms with Crippen molar-refractivity contribution in [2.45, 2.75) is 32.4 Å². The van der Waals surface area contributed by atoms with Crippen LogP contribution in [0.2, 0.25) is 10.0 Å². The van der Waals surface area contributed by atoms with Crippen LogP contribution >= 0.6 is 23.2 Å². The molecule has 0 fully saturated rings. The van der Waals surface area contributed by atoms with E-state index in [1.807, 2.05) is 13.0 Å². The Balaban J connectivity index is 1.71. The van der Waals surface area contributed by atoms with Gasteiger partial charge in [0.25, 0.3) is 0 Å². The second kappa shape index (κ2) is 9.68. The number of carbonyl (C=O) groups excluding carboxylic acids is 3. The molecule has 0 spiro atoms. The van der Waals surface area contributed by atoms with Gasteiger partial charge in [-0.1, -0.05) is 35.3 Å². The average molecular weight is 463 g/mol. The number of fused-ring (bicyclic) bond motifs is 1. The van der Waals surface area contributed by atoms with Crippen molar-refractivity contribution in [3.63, 3.8) is 0 Å². The summed E-state index contributed by atoms with van der Waals surface area (Å²) < 4.78 is 0. The van der Waals surface area contributed by atoms with Crippen LogP contribution in [-0.4, -0.2) is 48.3 Å². The number of anilines is 3. The number of hydrogen-bond donors (Lipinski definition) is 2. The molecule has 31 heavy (non-hydrogen) atoms. The van der Waals surface area contributed by atoms with E-state index in [4.69, 9.17) is 23.2 Å². The highest BCUT2D eigenvalue weighted by atomic mass is 35.5. The molecule has 3 amide bonds. The smallest absolute Gasteiger partial charge is 0.241 e. The number of likely N-dealkylation sites (N-methyl/N-ethyl adjacent to an activating group) is 1. The minimum Gasteiger partial charge on any atom is -0.324 e. The Morgan fingerprint density at radius 2 is 1.97 bits per heavy atom. The third-order valence-electron chi connectivity index (χ3n) is 5.24. The zero-order chi connectivity index (χ0) is 22.7. The van der Waals surface area contributed by atoms with Crippen LogP contribution < -0.4 is 15.5 Å². The number of amides is 3. The highest BCUT2D eigenvalue weighted by Crippen LogP contribution is 2.31. The van der Waals surface area contributed by atoms with Gasteiger partial charge in [0.15, 0.2) is 0 Å². The number of nitrogens with one attached hydrogen (secondary N) is 2. The molecular formula is C22H24Cl2N4O3. The van der Waals surface area contributed by atoms with Gasteiger partial charge in [0.1, 0.15) is 0 Å². The number of benzene rings is 2. The van der Waals surface area contributed by atoms with E-state index in [1.165, 1.54) is 0 Å². The van der Waals surface area contributed by atoms with Crippen LogP contribution in [0, 0.1) is 0 Å². The van der Waals surface area contributed by atoms with Gasteiger partial charge in [0, 0.05) is 17.5 Å². The molecule has 1 aliphatic heterocycles. The Morgan fingerprint density at radius 3 is 2.68 bits per heavy atom. The lowest BCUT2D eigenvalue weighted by Crippen LogP contribution is -2.48. The van der Waals surface area contributed by atoms with E-state index in [-0.39, 0.29) is 36.7 Å². The molecule has 2 aromatic rings. The summed E-state index contributed by atoms with van der Waals surface area (Å²) in [6, 6.07) is 11.1. The van der Waals surface area contributed by atoms with E-state index in [0.717, 1.165) is 0 Å². The van der Waals surface area contributed by atoms with Gasteiger partial charge in [0.05, 0.1) is 34.7 Å². The fourth-order valence-electron chi connectivity index (χ4n) is 3.42. The first kappa shape index (κ1) is 23.1. The molecule has 164 valence electrons. The van der Waals surface area contributed by atoms with Gasteiger partial charge in [-0.15, -0.1) is 0 Å². The molecule has 0 aromatic heterocycles. The second-order valence-corrected chi connectivity index (χ2v) is 8.43. The molecule has 7 nitrogen and oxygen atoms in total. The molecule has 0 radical (unpaired) electrons. The molecule has 0 bridgehead atoms. The zero-order valence-electron chi connectivity index (χ0n) is 17.5. The lowest BCUT2D eigenvalue weighted by atomic mass is 10.1. The van der Waals surface area contributed by atoms with Crippen molar-refractivity contribution in [1.29, 1.82) is 0 Å². The summed E-state index contributed by atoms with van der Waals surface area (Å²) in [6.45, 7) is 3.53. The molecule has 9 heteroatoms. The second-order valence-electron chi connectivity index (χ2n) is 7.59. The third-order valence-corrected chi connectivity index (χ3v) is 5.79. The summed E-state index contributed by atoms with van der Waals surface area (Å²) in [4.78, 5) is 41.3. The SMILES string of the molecule is C[C@@H](C(=O)Nc1ccc(Cl)cc1Cl)N(C)CC(=O)N1c2ccccc2NC(=O)C[C@@H]1C. The quantitative estimate of drug-likeness (QED) is 0.702.